The Labute approximate surface area is 328 Å². The monoisotopic (exact) mass is 726 g/mol. The summed E-state index contributed by atoms with van der Waals surface area (Å²) < 4.78 is 11.1. The number of aromatic nitrogens is 2. The van der Waals surface area contributed by atoms with E-state index in [2.05, 4.69) is 209 Å². The lowest BCUT2D eigenvalue weighted by Gasteiger charge is -2.11. The average molecular weight is 727 g/mol. The minimum absolute atomic E-state index is 0.903. The SMILES string of the molecule is c1ccc(-c2cccc(-n3c4ccc(-c5ccc6c(c5)c5ccccc5n6-c5ccccc5)cc4c4cc(-c5cccc6oc7ccccc7c56)ccc43)c2)cc1. The third-order valence-electron chi connectivity index (χ3n) is 11.7. The van der Waals surface area contributed by atoms with Crippen LogP contribution in [-0.4, -0.2) is 9.13 Å². The van der Waals surface area contributed by atoms with E-state index in [1.54, 1.807) is 0 Å². The van der Waals surface area contributed by atoms with Crippen LogP contribution in [0.25, 0.3) is 110 Å². The summed E-state index contributed by atoms with van der Waals surface area (Å²) >= 11 is 0. The molecule has 0 atom stereocenters. The molecule has 3 nitrogen and oxygen atoms in total. The molecule has 0 saturated carbocycles. The molecule has 0 radical (unpaired) electrons. The molecule has 57 heavy (non-hydrogen) atoms. The molecule has 266 valence electrons. The Bertz CT molecular complexity index is 3510. The van der Waals surface area contributed by atoms with E-state index in [1.165, 1.54) is 71.4 Å². The molecular weight excluding hydrogens is 693 g/mol. The number of furan rings is 1. The summed E-state index contributed by atoms with van der Waals surface area (Å²) in [5, 5.41) is 7.20. The molecule has 9 aromatic carbocycles. The molecule has 0 aliphatic rings. The van der Waals surface area contributed by atoms with Crippen LogP contribution in [0.4, 0.5) is 0 Å². The van der Waals surface area contributed by atoms with Gasteiger partial charge in [0.15, 0.2) is 0 Å². The van der Waals surface area contributed by atoms with E-state index in [0.29, 0.717) is 0 Å². The zero-order chi connectivity index (χ0) is 37.5. The second-order valence-electron chi connectivity index (χ2n) is 14.9. The van der Waals surface area contributed by atoms with Crippen LogP contribution in [0.3, 0.4) is 0 Å². The highest BCUT2D eigenvalue weighted by Crippen LogP contribution is 2.42. The highest BCUT2D eigenvalue weighted by Gasteiger charge is 2.19. The molecule has 0 aliphatic carbocycles. The largest absolute Gasteiger partial charge is 0.456 e. The van der Waals surface area contributed by atoms with Crippen LogP contribution in [0.2, 0.25) is 0 Å². The Morgan fingerprint density at radius 2 is 0.772 bits per heavy atom. The highest BCUT2D eigenvalue weighted by atomic mass is 16.3. The van der Waals surface area contributed by atoms with Gasteiger partial charge in [-0.05, 0) is 112 Å². The summed E-state index contributed by atoms with van der Waals surface area (Å²) in [4.78, 5) is 0. The van der Waals surface area contributed by atoms with E-state index in [1.807, 2.05) is 6.07 Å². The van der Waals surface area contributed by atoms with E-state index < -0.39 is 0 Å². The predicted octanol–water partition coefficient (Wildman–Crippen LogP) is 14.8. The van der Waals surface area contributed by atoms with Crippen LogP contribution in [0.15, 0.2) is 211 Å². The molecular formula is C54H34N2O. The van der Waals surface area contributed by atoms with Gasteiger partial charge >= 0.3 is 0 Å². The van der Waals surface area contributed by atoms with Gasteiger partial charge in [0.05, 0.1) is 22.1 Å². The Morgan fingerprint density at radius 1 is 0.281 bits per heavy atom. The summed E-state index contributed by atoms with van der Waals surface area (Å²) in [5.41, 5.74) is 16.0. The van der Waals surface area contributed by atoms with Gasteiger partial charge in [-0.25, -0.2) is 0 Å². The van der Waals surface area contributed by atoms with Crippen molar-refractivity contribution in [2.75, 3.05) is 0 Å². The molecule has 3 aromatic heterocycles. The van der Waals surface area contributed by atoms with Crippen LogP contribution in [0.5, 0.6) is 0 Å². The van der Waals surface area contributed by atoms with Crippen molar-refractivity contribution in [2.24, 2.45) is 0 Å². The van der Waals surface area contributed by atoms with Gasteiger partial charge < -0.3 is 13.6 Å². The lowest BCUT2D eigenvalue weighted by molar-refractivity contribution is 0.669. The van der Waals surface area contributed by atoms with Crippen LogP contribution in [-0.2, 0) is 0 Å². The fourth-order valence-electron chi connectivity index (χ4n) is 9.13. The third-order valence-corrected chi connectivity index (χ3v) is 11.7. The summed E-state index contributed by atoms with van der Waals surface area (Å²) in [6, 6.07) is 74.5. The number of benzene rings is 9. The second-order valence-corrected chi connectivity index (χ2v) is 14.9. The summed E-state index contributed by atoms with van der Waals surface area (Å²) in [6.07, 6.45) is 0. The van der Waals surface area contributed by atoms with E-state index in [4.69, 9.17) is 4.42 Å². The Hall–Kier alpha value is -7.62. The molecule has 0 saturated heterocycles. The molecule has 3 heteroatoms. The van der Waals surface area contributed by atoms with Crippen LogP contribution < -0.4 is 0 Å². The van der Waals surface area contributed by atoms with Gasteiger partial charge in [-0.3, -0.25) is 0 Å². The minimum atomic E-state index is 0.903. The molecule has 0 spiro atoms. The van der Waals surface area contributed by atoms with Crippen molar-refractivity contribution < 1.29 is 4.42 Å². The minimum Gasteiger partial charge on any atom is -0.456 e. The van der Waals surface area contributed by atoms with Crippen molar-refractivity contribution in [3.05, 3.63) is 206 Å². The quantitative estimate of drug-likeness (QED) is 0.173. The number of para-hydroxylation sites is 3. The first kappa shape index (κ1) is 31.7. The van der Waals surface area contributed by atoms with Gasteiger partial charge in [-0.2, -0.15) is 0 Å². The maximum atomic E-state index is 6.32. The van der Waals surface area contributed by atoms with Gasteiger partial charge in [0, 0.05) is 43.7 Å². The average Bonchev–Trinajstić information content (AvgIpc) is 3.94. The Balaban J connectivity index is 1.09. The topological polar surface area (TPSA) is 23.0 Å². The van der Waals surface area contributed by atoms with E-state index in [-0.39, 0.29) is 0 Å². The fourth-order valence-corrected chi connectivity index (χ4v) is 9.13. The summed E-state index contributed by atoms with van der Waals surface area (Å²) in [7, 11) is 0. The highest BCUT2D eigenvalue weighted by molar-refractivity contribution is 6.16. The Kier molecular flexibility index (Phi) is 6.93. The van der Waals surface area contributed by atoms with Gasteiger partial charge in [0.2, 0.25) is 0 Å². The van der Waals surface area contributed by atoms with Crippen molar-refractivity contribution in [3.8, 4) is 44.8 Å². The smallest absolute Gasteiger partial charge is 0.136 e. The first-order valence-corrected chi connectivity index (χ1v) is 19.5. The molecule has 3 heterocycles. The van der Waals surface area contributed by atoms with Gasteiger partial charge in [0.1, 0.15) is 11.2 Å². The predicted molar refractivity (Wildman–Crippen MR) is 239 cm³/mol. The van der Waals surface area contributed by atoms with Crippen LogP contribution in [0, 0.1) is 0 Å². The standard InChI is InChI=1S/C54H34N2O/c1-3-13-35(14-4-1)36-15-11-18-41(31-36)56-50-29-26-38(37-25-28-49-45(32-37)43-19-7-9-22-48(43)55(49)40-16-5-2-6-17-40)33-46(50)47-34-39(27-30-51(47)56)42-21-12-24-53-54(42)44-20-8-10-23-52(44)57-53/h1-34H. The lowest BCUT2D eigenvalue weighted by Crippen LogP contribution is -1.94. The number of hydrogen-bond acceptors (Lipinski definition) is 1. The van der Waals surface area contributed by atoms with E-state index in [9.17, 15) is 0 Å². The number of rotatable bonds is 5. The van der Waals surface area contributed by atoms with Gasteiger partial charge in [-0.15, -0.1) is 0 Å². The zero-order valence-electron chi connectivity index (χ0n) is 30.9. The molecule has 0 fully saturated rings. The summed E-state index contributed by atoms with van der Waals surface area (Å²) in [6.45, 7) is 0. The molecule has 12 rings (SSSR count). The normalized spacial score (nSPS) is 11.9. The zero-order valence-corrected chi connectivity index (χ0v) is 30.9. The van der Waals surface area contributed by atoms with Crippen LogP contribution in [0.1, 0.15) is 0 Å². The third kappa shape index (κ3) is 4.92. The van der Waals surface area contributed by atoms with Crippen molar-refractivity contribution in [3.63, 3.8) is 0 Å². The van der Waals surface area contributed by atoms with Gasteiger partial charge in [0.25, 0.3) is 0 Å². The molecule has 0 N–H and O–H groups in total. The van der Waals surface area contributed by atoms with Crippen molar-refractivity contribution >= 4 is 65.6 Å². The lowest BCUT2D eigenvalue weighted by atomic mass is 9.97. The number of nitrogens with zero attached hydrogens (tertiary/aromatic N) is 2. The number of hydrogen-bond donors (Lipinski definition) is 0. The molecule has 0 aliphatic heterocycles. The first-order chi connectivity index (χ1) is 28.3. The van der Waals surface area contributed by atoms with Crippen molar-refractivity contribution in [1.82, 2.24) is 9.13 Å². The second kappa shape index (κ2) is 12.5. The summed E-state index contributed by atoms with van der Waals surface area (Å²) in [5.74, 6) is 0. The first-order valence-electron chi connectivity index (χ1n) is 19.5. The van der Waals surface area contributed by atoms with Crippen LogP contribution >= 0.6 is 0 Å². The fraction of sp³-hybridized carbons (Fsp3) is 0. The molecule has 12 aromatic rings. The van der Waals surface area contributed by atoms with E-state index in [0.717, 1.165) is 38.9 Å². The maximum absolute atomic E-state index is 6.32. The molecule has 0 unspecified atom stereocenters. The Morgan fingerprint density at radius 3 is 1.53 bits per heavy atom. The number of fused-ring (bicyclic) bond motifs is 9. The van der Waals surface area contributed by atoms with Crippen molar-refractivity contribution in [1.29, 1.82) is 0 Å². The molecule has 0 bridgehead atoms. The van der Waals surface area contributed by atoms with E-state index >= 15 is 0 Å². The molecule has 0 amide bonds. The van der Waals surface area contributed by atoms with Crippen molar-refractivity contribution in [2.45, 2.75) is 0 Å². The van der Waals surface area contributed by atoms with Gasteiger partial charge in [-0.1, -0.05) is 127 Å². The maximum Gasteiger partial charge on any atom is 0.136 e.